The van der Waals surface area contributed by atoms with Crippen molar-refractivity contribution in [3.63, 3.8) is 0 Å². The number of alkyl halides is 2. The highest BCUT2D eigenvalue weighted by molar-refractivity contribution is 9.13. The fraction of sp³-hybridized carbons (Fsp3) is 0.667. The van der Waals surface area contributed by atoms with Gasteiger partial charge in [0.2, 0.25) is 0 Å². The summed E-state index contributed by atoms with van der Waals surface area (Å²) in [5.41, 5.74) is 0. The SMILES string of the molecule is C[C@](Br)(C(=O)O)[C@](C)(Br)C(=O)O. The van der Waals surface area contributed by atoms with Crippen molar-refractivity contribution in [3.05, 3.63) is 0 Å². The maximum atomic E-state index is 10.6. The lowest BCUT2D eigenvalue weighted by molar-refractivity contribution is -0.147. The zero-order valence-corrected chi connectivity index (χ0v) is 9.64. The van der Waals surface area contributed by atoms with Crippen LogP contribution in [0.25, 0.3) is 0 Å². The number of halogens is 2. The third kappa shape index (κ3) is 1.80. The largest absolute Gasteiger partial charge is 0.480 e. The molecule has 0 saturated carbocycles. The van der Waals surface area contributed by atoms with E-state index in [1.807, 2.05) is 0 Å². The minimum absolute atomic E-state index is 1.23. The average molecular weight is 304 g/mol. The van der Waals surface area contributed by atoms with Crippen LogP contribution >= 0.6 is 31.9 Å². The molecule has 0 radical (unpaired) electrons. The third-order valence-electron chi connectivity index (χ3n) is 1.68. The second kappa shape index (κ2) is 3.33. The summed E-state index contributed by atoms with van der Waals surface area (Å²) in [4.78, 5) is 21.3. The van der Waals surface area contributed by atoms with Crippen LogP contribution < -0.4 is 0 Å². The first-order valence-corrected chi connectivity index (χ1v) is 4.57. The lowest BCUT2D eigenvalue weighted by atomic mass is 9.96. The van der Waals surface area contributed by atoms with Gasteiger partial charge in [-0.3, -0.25) is 9.59 Å². The van der Waals surface area contributed by atoms with Crippen LogP contribution in [0, 0.1) is 0 Å². The summed E-state index contributed by atoms with van der Waals surface area (Å²) in [7, 11) is 0. The summed E-state index contributed by atoms with van der Waals surface area (Å²) in [6, 6.07) is 0. The molecule has 0 spiro atoms. The van der Waals surface area contributed by atoms with Crippen molar-refractivity contribution < 1.29 is 19.8 Å². The fourth-order valence-corrected chi connectivity index (χ4v) is 0.741. The molecule has 0 aromatic rings. The summed E-state index contributed by atoms with van der Waals surface area (Å²) in [6.45, 7) is 2.55. The topological polar surface area (TPSA) is 74.6 Å². The Hall–Kier alpha value is -0.100. The van der Waals surface area contributed by atoms with E-state index in [9.17, 15) is 9.59 Å². The van der Waals surface area contributed by atoms with Crippen molar-refractivity contribution in [2.75, 3.05) is 0 Å². The molecule has 0 saturated heterocycles. The highest BCUT2D eigenvalue weighted by Crippen LogP contribution is 2.38. The van der Waals surface area contributed by atoms with Crippen LogP contribution in [0.15, 0.2) is 0 Å². The van der Waals surface area contributed by atoms with Crippen LogP contribution in [0.3, 0.4) is 0 Å². The van der Waals surface area contributed by atoms with Crippen LogP contribution in [0.1, 0.15) is 13.8 Å². The Morgan fingerprint density at radius 1 is 1.00 bits per heavy atom. The van der Waals surface area contributed by atoms with Gasteiger partial charge in [-0.1, -0.05) is 31.9 Å². The smallest absolute Gasteiger partial charge is 0.322 e. The molecule has 0 amide bonds. The van der Waals surface area contributed by atoms with E-state index in [1.54, 1.807) is 0 Å². The van der Waals surface area contributed by atoms with E-state index < -0.39 is 20.6 Å². The normalized spacial score (nSPS) is 20.7. The molecule has 0 aliphatic heterocycles. The highest BCUT2D eigenvalue weighted by Gasteiger charge is 2.52. The number of hydrogen-bond acceptors (Lipinski definition) is 2. The first kappa shape index (κ1) is 11.9. The Bertz CT molecular complexity index is 198. The average Bonchev–Trinajstić information content (AvgIpc) is 1.86. The van der Waals surface area contributed by atoms with Gasteiger partial charge in [0.05, 0.1) is 0 Å². The van der Waals surface area contributed by atoms with Crippen LogP contribution in [-0.4, -0.2) is 30.8 Å². The van der Waals surface area contributed by atoms with E-state index in [4.69, 9.17) is 10.2 Å². The fourth-order valence-electron chi connectivity index (χ4n) is 0.402. The Morgan fingerprint density at radius 2 is 1.17 bits per heavy atom. The minimum atomic E-state index is -1.54. The summed E-state index contributed by atoms with van der Waals surface area (Å²) >= 11 is 5.68. The molecular weight excluding hydrogens is 296 g/mol. The Kier molecular flexibility index (Phi) is 3.31. The van der Waals surface area contributed by atoms with Gasteiger partial charge in [-0.25, -0.2) is 0 Å². The molecular formula is C6H8Br2O4. The van der Waals surface area contributed by atoms with Crippen molar-refractivity contribution in [2.45, 2.75) is 22.5 Å². The maximum absolute atomic E-state index is 10.6. The molecule has 0 unspecified atom stereocenters. The standard InChI is InChI=1S/C6H8Br2O4/c1-5(7,3(9)10)6(2,8)4(11)12/h1-2H3,(H,9,10)(H,11,12)/t5-,6+. The third-order valence-corrected chi connectivity index (χ3v) is 4.48. The van der Waals surface area contributed by atoms with Crippen LogP contribution in [0.2, 0.25) is 0 Å². The van der Waals surface area contributed by atoms with Crippen LogP contribution in [-0.2, 0) is 9.59 Å². The van der Waals surface area contributed by atoms with Crippen molar-refractivity contribution in [1.29, 1.82) is 0 Å². The lowest BCUT2D eigenvalue weighted by Crippen LogP contribution is -2.51. The molecule has 0 aliphatic carbocycles. The van der Waals surface area contributed by atoms with E-state index in [1.165, 1.54) is 13.8 Å². The van der Waals surface area contributed by atoms with Crippen molar-refractivity contribution >= 4 is 43.8 Å². The quantitative estimate of drug-likeness (QED) is 0.774. The zero-order chi connectivity index (χ0) is 10.2. The molecule has 12 heavy (non-hydrogen) atoms. The molecule has 4 nitrogen and oxygen atoms in total. The number of carboxylic acid groups (broad SMARTS) is 2. The molecule has 70 valence electrons. The Labute approximate surface area is 86.2 Å². The van der Waals surface area contributed by atoms with Gasteiger partial charge in [-0.2, -0.15) is 0 Å². The summed E-state index contributed by atoms with van der Waals surface area (Å²) in [5, 5.41) is 17.4. The maximum Gasteiger partial charge on any atom is 0.322 e. The lowest BCUT2D eigenvalue weighted by Gasteiger charge is -2.29. The van der Waals surface area contributed by atoms with Crippen molar-refractivity contribution in [3.8, 4) is 0 Å². The molecule has 2 atom stereocenters. The molecule has 0 rings (SSSR count). The van der Waals surface area contributed by atoms with E-state index >= 15 is 0 Å². The monoisotopic (exact) mass is 302 g/mol. The Morgan fingerprint density at radius 3 is 1.25 bits per heavy atom. The van der Waals surface area contributed by atoms with Gasteiger partial charge in [-0.05, 0) is 13.8 Å². The second-order valence-corrected chi connectivity index (χ2v) is 5.79. The Balaban J connectivity index is 5.01. The number of carbonyl (C=O) groups is 2. The number of rotatable bonds is 3. The summed E-state index contributed by atoms with van der Waals surface area (Å²) < 4.78 is -3.07. The van der Waals surface area contributed by atoms with Gasteiger partial charge in [-0.15, -0.1) is 0 Å². The first-order chi connectivity index (χ1) is 5.14. The summed E-state index contributed by atoms with van der Waals surface area (Å²) in [5.74, 6) is -2.46. The van der Waals surface area contributed by atoms with E-state index in [0.717, 1.165) is 0 Å². The summed E-state index contributed by atoms with van der Waals surface area (Å²) in [6.07, 6.45) is 0. The van der Waals surface area contributed by atoms with Crippen LogP contribution in [0.4, 0.5) is 0 Å². The number of carboxylic acids is 2. The highest BCUT2D eigenvalue weighted by atomic mass is 79.9. The predicted octanol–water partition coefficient (Wildman–Crippen LogP) is 1.46. The number of aliphatic carboxylic acids is 2. The first-order valence-electron chi connectivity index (χ1n) is 2.98. The van der Waals surface area contributed by atoms with E-state index in [2.05, 4.69) is 31.9 Å². The predicted molar refractivity (Wildman–Crippen MR) is 49.9 cm³/mol. The van der Waals surface area contributed by atoms with Crippen LogP contribution in [0.5, 0.6) is 0 Å². The molecule has 6 heteroatoms. The van der Waals surface area contributed by atoms with Gasteiger partial charge in [0.1, 0.15) is 8.65 Å². The molecule has 0 bridgehead atoms. The zero-order valence-electron chi connectivity index (χ0n) is 6.47. The van der Waals surface area contributed by atoms with Gasteiger partial charge in [0, 0.05) is 0 Å². The molecule has 2 N–H and O–H groups in total. The number of hydrogen-bond donors (Lipinski definition) is 2. The molecule has 0 aromatic heterocycles. The molecule has 0 fully saturated rings. The van der Waals surface area contributed by atoms with E-state index in [-0.39, 0.29) is 0 Å². The van der Waals surface area contributed by atoms with Gasteiger partial charge >= 0.3 is 11.9 Å². The molecule has 0 aromatic carbocycles. The van der Waals surface area contributed by atoms with Crippen molar-refractivity contribution in [1.82, 2.24) is 0 Å². The van der Waals surface area contributed by atoms with Gasteiger partial charge in [0.15, 0.2) is 0 Å². The van der Waals surface area contributed by atoms with Gasteiger partial charge in [0.25, 0.3) is 0 Å². The van der Waals surface area contributed by atoms with E-state index in [0.29, 0.717) is 0 Å². The second-order valence-electron chi connectivity index (χ2n) is 2.62. The molecule has 0 aliphatic rings. The molecule has 0 heterocycles. The van der Waals surface area contributed by atoms with Gasteiger partial charge < -0.3 is 10.2 Å². The van der Waals surface area contributed by atoms with Crippen molar-refractivity contribution in [2.24, 2.45) is 0 Å². The minimum Gasteiger partial charge on any atom is -0.480 e.